The molecular weight excluding hydrogens is 216 g/mol. The number of aliphatic hydroxyl groups is 1. The van der Waals surface area contributed by atoms with E-state index < -0.39 is 6.10 Å². The molecule has 0 radical (unpaired) electrons. The van der Waals surface area contributed by atoms with Crippen LogP contribution in [0.4, 0.5) is 10.5 Å². The van der Waals surface area contributed by atoms with E-state index in [2.05, 4.69) is 5.32 Å². The average molecular weight is 234 g/mol. The normalized spacial score (nSPS) is 16.9. The standard InChI is InChI=1S/C13H18N2O2/c1-10(16)11-4-6-12(7-5-11)14-13(17)15-8-2-3-9-15/h4-7,10,16H,2-3,8-9H2,1H3,(H,14,17). The van der Waals surface area contributed by atoms with E-state index in [1.54, 1.807) is 6.92 Å². The number of benzene rings is 1. The van der Waals surface area contributed by atoms with Gasteiger partial charge in [-0.3, -0.25) is 0 Å². The highest BCUT2D eigenvalue weighted by molar-refractivity contribution is 5.89. The summed E-state index contributed by atoms with van der Waals surface area (Å²) in [5.74, 6) is 0. The molecule has 1 unspecified atom stereocenters. The summed E-state index contributed by atoms with van der Waals surface area (Å²) in [5.41, 5.74) is 1.62. The number of nitrogens with zero attached hydrogens (tertiary/aromatic N) is 1. The third-order valence-corrected chi connectivity index (χ3v) is 3.04. The van der Waals surface area contributed by atoms with E-state index >= 15 is 0 Å². The van der Waals surface area contributed by atoms with Crippen molar-refractivity contribution in [3.8, 4) is 0 Å². The van der Waals surface area contributed by atoms with Crippen molar-refractivity contribution in [2.45, 2.75) is 25.9 Å². The van der Waals surface area contributed by atoms with Gasteiger partial charge >= 0.3 is 6.03 Å². The molecular formula is C13H18N2O2. The molecule has 2 N–H and O–H groups in total. The maximum atomic E-state index is 11.8. The van der Waals surface area contributed by atoms with Crippen LogP contribution >= 0.6 is 0 Å². The fraction of sp³-hybridized carbons (Fsp3) is 0.462. The highest BCUT2D eigenvalue weighted by Gasteiger charge is 2.17. The topological polar surface area (TPSA) is 52.6 Å². The molecule has 4 heteroatoms. The van der Waals surface area contributed by atoms with E-state index in [9.17, 15) is 9.90 Å². The largest absolute Gasteiger partial charge is 0.389 e. The van der Waals surface area contributed by atoms with Crippen molar-refractivity contribution in [3.05, 3.63) is 29.8 Å². The Morgan fingerprint density at radius 2 is 1.88 bits per heavy atom. The lowest BCUT2D eigenvalue weighted by Gasteiger charge is -2.16. The smallest absolute Gasteiger partial charge is 0.321 e. The van der Waals surface area contributed by atoms with Gasteiger partial charge in [-0.2, -0.15) is 0 Å². The Morgan fingerprint density at radius 1 is 1.29 bits per heavy atom. The van der Waals surface area contributed by atoms with Crippen LogP contribution in [0.3, 0.4) is 0 Å². The van der Waals surface area contributed by atoms with Crippen LogP contribution in [0, 0.1) is 0 Å². The maximum absolute atomic E-state index is 11.8. The summed E-state index contributed by atoms with van der Waals surface area (Å²) in [6.45, 7) is 3.41. The summed E-state index contributed by atoms with van der Waals surface area (Å²) in [5, 5.41) is 12.2. The first kappa shape index (κ1) is 11.9. The van der Waals surface area contributed by atoms with E-state index in [0.717, 1.165) is 37.2 Å². The summed E-state index contributed by atoms with van der Waals surface area (Å²) in [6, 6.07) is 7.24. The Kier molecular flexibility index (Phi) is 3.64. The minimum absolute atomic E-state index is 0.0349. The summed E-state index contributed by atoms with van der Waals surface area (Å²) in [4.78, 5) is 13.6. The van der Waals surface area contributed by atoms with Crippen molar-refractivity contribution in [1.29, 1.82) is 0 Å². The number of anilines is 1. The Hall–Kier alpha value is -1.55. The van der Waals surface area contributed by atoms with Crippen LogP contribution in [-0.2, 0) is 0 Å². The Balaban J connectivity index is 1.96. The molecule has 17 heavy (non-hydrogen) atoms. The molecule has 1 fully saturated rings. The van der Waals surface area contributed by atoms with Gasteiger partial charge in [-0.25, -0.2) is 4.79 Å². The van der Waals surface area contributed by atoms with Crippen molar-refractivity contribution < 1.29 is 9.90 Å². The molecule has 1 aromatic carbocycles. The molecule has 4 nitrogen and oxygen atoms in total. The predicted octanol–water partition coefficient (Wildman–Crippen LogP) is 2.37. The van der Waals surface area contributed by atoms with E-state index in [-0.39, 0.29) is 6.03 Å². The van der Waals surface area contributed by atoms with Gasteiger partial charge in [0, 0.05) is 18.8 Å². The van der Waals surface area contributed by atoms with Crippen LogP contribution in [0.5, 0.6) is 0 Å². The number of amides is 2. The van der Waals surface area contributed by atoms with Crippen LogP contribution in [-0.4, -0.2) is 29.1 Å². The fourth-order valence-corrected chi connectivity index (χ4v) is 1.97. The summed E-state index contributed by atoms with van der Waals surface area (Å²) in [7, 11) is 0. The third kappa shape index (κ3) is 2.97. The van der Waals surface area contributed by atoms with Gasteiger partial charge in [0.1, 0.15) is 0 Å². The second kappa shape index (κ2) is 5.19. The molecule has 0 spiro atoms. The molecule has 0 bridgehead atoms. The number of nitrogens with one attached hydrogen (secondary N) is 1. The Labute approximate surface area is 101 Å². The molecule has 0 saturated carbocycles. The van der Waals surface area contributed by atoms with Crippen molar-refractivity contribution in [1.82, 2.24) is 4.90 Å². The lowest BCUT2D eigenvalue weighted by molar-refractivity contribution is 0.199. The minimum atomic E-state index is -0.474. The van der Waals surface area contributed by atoms with Gasteiger partial charge in [0.25, 0.3) is 0 Å². The molecule has 0 aromatic heterocycles. The number of hydrogen-bond donors (Lipinski definition) is 2. The first-order chi connectivity index (χ1) is 8.16. The van der Waals surface area contributed by atoms with Gasteiger partial charge in [-0.15, -0.1) is 0 Å². The van der Waals surface area contributed by atoms with Gasteiger partial charge in [-0.05, 0) is 37.5 Å². The Morgan fingerprint density at radius 3 is 2.41 bits per heavy atom. The SMILES string of the molecule is CC(O)c1ccc(NC(=O)N2CCCC2)cc1. The van der Waals surface area contributed by atoms with E-state index in [1.165, 1.54) is 0 Å². The number of carbonyl (C=O) groups excluding carboxylic acids is 1. The zero-order chi connectivity index (χ0) is 12.3. The Bertz CT molecular complexity index is 381. The number of urea groups is 1. The molecule has 1 saturated heterocycles. The monoisotopic (exact) mass is 234 g/mol. The van der Waals surface area contributed by atoms with Crippen molar-refractivity contribution in [3.63, 3.8) is 0 Å². The zero-order valence-corrected chi connectivity index (χ0v) is 10.0. The molecule has 2 amide bonds. The van der Waals surface area contributed by atoms with Crippen molar-refractivity contribution in [2.24, 2.45) is 0 Å². The van der Waals surface area contributed by atoms with Crippen LogP contribution in [0.1, 0.15) is 31.4 Å². The quantitative estimate of drug-likeness (QED) is 0.825. The van der Waals surface area contributed by atoms with Gasteiger partial charge in [0.2, 0.25) is 0 Å². The number of carbonyl (C=O) groups is 1. The van der Waals surface area contributed by atoms with E-state index in [4.69, 9.17) is 0 Å². The molecule has 1 aliphatic heterocycles. The number of hydrogen-bond acceptors (Lipinski definition) is 2. The second-order valence-electron chi connectivity index (χ2n) is 4.42. The number of rotatable bonds is 2. The predicted molar refractivity (Wildman–Crippen MR) is 66.9 cm³/mol. The van der Waals surface area contributed by atoms with Crippen LogP contribution in [0.2, 0.25) is 0 Å². The van der Waals surface area contributed by atoms with E-state index in [0.29, 0.717) is 0 Å². The molecule has 1 aliphatic rings. The highest BCUT2D eigenvalue weighted by atomic mass is 16.3. The molecule has 1 aromatic rings. The third-order valence-electron chi connectivity index (χ3n) is 3.04. The van der Waals surface area contributed by atoms with Crippen molar-refractivity contribution in [2.75, 3.05) is 18.4 Å². The first-order valence-electron chi connectivity index (χ1n) is 6.01. The van der Waals surface area contributed by atoms with Crippen molar-refractivity contribution >= 4 is 11.7 Å². The van der Waals surface area contributed by atoms with Gasteiger partial charge in [0.05, 0.1) is 6.10 Å². The van der Waals surface area contributed by atoms with Crippen LogP contribution < -0.4 is 5.32 Å². The highest BCUT2D eigenvalue weighted by Crippen LogP contribution is 2.16. The summed E-state index contributed by atoms with van der Waals surface area (Å²) >= 11 is 0. The number of likely N-dealkylation sites (tertiary alicyclic amines) is 1. The van der Waals surface area contributed by atoms with Crippen LogP contribution in [0.25, 0.3) is 0 Å². The minimum Gasteiger partial charge on any atom is -0.389 e. The molecule has 92 valence electrons. The molecule has 0 aliphatic carbocycles. The summed E-state index contributed by atoms with van der Waals surface area (Å²) < 4.78 is 0. The maximum Gasteiger partial charge on any atom is 0.321 e. The van der Waals surface area contributed by atoms with Gasteiger partial charge in [-0.1, -0.05) is 12.1 Å². The first-order valence-corrected chi connectivity index (χ1v) is 6.01. The lowest BCUT2D eigenvalue weighted by Crippen LogP contribution is -2.32. The lowest BCUT2D eigenvalue weighted by atomic mass is 10.1. The summed E-state index contributed by atoms with van der Waals surface area (Å²) in [6.07, 6.45) is 1.71. The van der Waals surface area contributed by atoms with Gasteiger partial charge in [0.15, 0.2) is 0 Å². The number of aliphatic hydroxyl groups excluding tert-OH is 1. The molecule has 2 rings (SSSR count). The molecule has 1 atom stereocenters. The zero-order valence-electron chi connectivity index (χ0n) is 10.0. The second-order valence-corrected chi connectivity index (χ2v) is 4.42. The van der Waals surface area contributed by atoms with Crippen LogP contribution in [0.15, 0.2) is 24.3 Å². The van der Waals surface area contributed by atoms with E-state index in [1.807, 2.05) is 29.2 Å². The fourth-order valence-electron chi connectivity index (χ4n) is 1.97. The average Bonchev–Trinajstić information content (AvgIpc) is 2.83. The van der Waals surface area contributed by atoms with Gasteiger partial charge < -0.3 is 15.3 Å². The molecule has 1 heterocycles.